The molecule has 1 atom stereocenters. The average molecular weight is 377 g/mol. The molecule has 0 bridgehead atoms. The zero-order valence-corrected chi connectivity index (χ0v) is 16.9. The number of hydrogen-bond donors (Lipinski definition) is 2. The van der Waals surface area contributed by atoms with Gasteiger partial charge in [0.15, 0.2) is 11.5 Å². The zero-order chi connectivity index (χ0) is 19.2. The quantitative estimate of drug-likeness (QED) is 0.737. The summed E-state index contributed by atoms with van der Waals surface area (Å²) in [6.45, 7) is 8.86. The van der Waals surface area contributed by atoms with Crippen molar-refractivity contribution in [3.05, 3.63) is 46.2 Å². The molecule has 0 radical (unpaired) electrons. The number of nitrogens with one attached hydrogen (secondary N) is 2. The monoisotopic (exact) mass is 376 g/mol. The van der Waals surface area contributed by atoms with Crippen LogP contribution in [0.25, 0.3) is 0 Å². The molecule has 142 valence electrons. The van der Waals surface area contributed by atoms with Crippen LogP contribution in [0.2, 0.25) is 0 Å². The van der Waals surface area contributed by atoms with Crippen LogP contribution in [0.1, 0.15) is 38.1 Å². The second-order valence-corrected chi connectivity index (χ2v) is 8.23. The molecule has 2 N–H and O–H groups in total. The third-order valence-corrected chi connectivity index (χ3v) is 4.53. The molecule has 0 aliphatic rings. The zero-order valence-electron chi connectivity index (χ0n) is 16.1. The summed E-state index contributed by atoms with van der Waals surface area (Å²) in [5.74, 6) is 1.39. The van der Waals surface area contributed by atoms with Gasteiger partial charge in [-0.15, -0.1) is 11.3 Å². The lowest BCUT2D eigenvalue weighted by molar-refractivity contribution is -0.124. The highest BCUT2D eigenvalue weighted by Gasteiger charge is 2.18. The fraction of sp³-hybridized carbons (Fsp3) is 0.450. The lowest BCUT2D eigenvalue weighted by atomic mass is 10.1. The maximum atomic E-state index is 12.1. The first-order valence-corrected chi connectivity index (χ1v) is 9.54. The average Bonchev–Trinajstić information content (AvgIpc) is 3.10. The highest BCUT2D eigenvalue weighted by Crippen LogP contribution is 2.29. The fourth-order valence-corrected chi connectivity index (χ4v) is 2.94. The van der Waals surface area contributed by atoms with Crippen molar-refractivity contribution in [2.24, 2.45) is 0 Å². The van der Waals surface area contributed by atoms with E-state index in [2.05, 4.69) is 10.6 Å². The van der Waals surface area contributed by atoms with E-state index in [1.54, 1.807) is 18.4 Å². The van der Waals surface area contributed by atoms with Crippen molar-refractivity contribution in [2.75, 3.05) is 7.11 Å². The third-order valence-electron chi connectivity index (χ3n) is 3.68. The van der Waals surface area contributed by atoms with Crippen LogP contribution < -0.4 is 20.1 Å². The van der Waals surface area contributed by atoms with Gasteiger partial charge in [-0.25, -0.2) is 0 Å². The van der Waals surface area contributed by atoms with Crippen LogP contribution in [0.3, 0.4) is 0 Å². The van der Waals surface area contributed by atoms with E-state index in [0.29, 0.717) is 24.7 Å². The molecule has 0 spiro atoms. The summed E-state index contributed by atoms with van der Waals surface area (Å²) in [5, 5.41) is 8.24. The van der Waals surface area contributed by atoms with Gasteiger partial charge in [-0.2, -0.15) is 0 Å². The van der Waals surface area contributed by atoms with E-state index in [9.17, 15) is 4.79 Å². The maximum absolute atomic E-state index is 12.1. The minimum absolute atomic E-state index is 0.0135. The molecule has 5 nitrogen and oxygen atoms in total. The molecule has 2 rings (SSSR count). The lowest BCUT2D eigenvalue weighted by Crippen LogP contribution is -2.49. The lowest BCUT2D eigenvalue weighted by Gasteiger charge is -2.23. The summed E-state index contributed by atoms with van der Waals surface area (Å²) in [6, 6.07) is 9.59. The van der Waals surface area contributed by atoms with Gasteiger partial charge >= 0.3 is 0 Å². The Hall–Kier alpha value is -2.05. The van der Waals surface area contributed by atoms with E-state index in [4.69, 9.17) is 9.47 Å². The molecular weight excluding hydrogens is 348 g/mol. The number of benzene rings is 1. The van der Waals surface area contributed by atoms with Gasteiger partial charge in [-0.05, 0) is 56.8 Å². The normalized spacial score (nSPS) is 12.5. The minimum Gasteiger partial charge on any atom is -0.493 e. The number of hydrogen-bond acceptors (Lipinski definition) is 5. The number of thiophene rings is 1. The van der Waals surface area contributed by atoms with Crippen LogP contribution in [-0.4, -0.2) is 24.6 Å². The predicted molar refractivity (Wildman–Crippen MR) is 106 cm³/mol. The Morgan fingerprint density at radius 2 is 2.00 bits per heavy atom. The van der Waals surface area contributed by atoms with Crippen molar-refractivity contribution in [3.8, 4) is 11.5 Å². The summed E-state index contributed by atoms with van der Waals surface area (Å²) in [7, 11) is 1.63. The molecule has 6 heteroatoms. The number of carbonyl (C=O) groups is 1. The smallest absolute Gasteiger partial charge is 0.237 e. The van der Waals surface area contributed by atoms with Crippen molar-refractivity contribution < 1.29 is 14.3 Å². The van der Waals surface area contributed by atoms with E-state index in [0.717, 1.165) is 10.4 Å². The van der Waals surface area contributed by atoms with Crippen LogP contribution in [0.4, 0.5) is 0 Å². The molecule has 0 saturated heterocycles. The van der Waals surface area contributed by atoms with Crippen LogP contribution >= 0.6 is 11.3 Å². The van der Waals surface area contributed by atoms with Crippen LogP contribution in [-0.2, 0) is 17.9 Å². The van der Waals surface area contributed by atoms with Crippen molar-refractivity contribution in [2.45, 2.75) is 52.4 Å². The second-order valence-electron chi connectivity index (χ2n) is 7.20. The van der Waals surface area contributed by atoms with Gasteiger partial charge in [-0.1, -0.05) is 12.1 Å². The topological polar surface area (TPSA) is 59.6 Å². The van der Waals surface area contributed by atoms with Gasteiger partial charge in [0.2, 0.25) is 5.91 Å². The Kier molecular flexibility index (Phi) is 7.06. The van der Waals surface area contributed by atoms with E-state index >= 15 is 0 Å². The first kappa shape index (κ1) is 20.3. The fourth-order valence-electron chi connectivity index (χ4n) is 2.33. The van der Waals surface area contributed by atoms with Gasteiger partial charge in [0, 0.05) is 17.0 Å². The number of carbonyl (C=O) groups excluding carboxylic acids is 1. The van der Waals surface area contributed by atoms with Crippen molar-refractivity contribution in [1.29, 1.82) is 0 Å². The third kappa shape index (κ3) is 6.35. The van der Waals surface area contributed by atoms with Crippen molar-refractivity contribution >= 4 is 17.2 Å². The Balaban J connectivity index is 1.92. The SMILES string of the molecule is COc1cc(CNC(C)C(=O)NC(C)(C)C)ccc1OCc1cccs1. The van der Waals surface area contributed by atoms with Gasteiger partial charge in [0.05, 0.1) is 13.2 Å². The molecule has 1 heterocycles. The summed E-state index contributed by atoms with van der Waals surface area (Å²) in [6.07, 6.45) is 0. The van der Waals surface area contributed by atoms with Crippen molar-refractivity contribution in [3.63, 3.8) is 0 Å². The molecule has 1 aromatic carbocycles. The molecule has 0 saturated carbocycles. The van der Waals surface area contributed by atoms with E-state index < -0.39 is 0 Å². The molecule has 1 aromatic heterocycles. The second kappa shape index (κ2) is 9.05. The number of ether oxygens (including phenoxy) is 2. The molecule has 0 aliphatic heterocycles. The van der Waals surface area contributed by atoms with Crippen LogP contribution in [0.5, 0.6) is 11.5 Å². The van der Waals surface area contributed by atoms with Gasteiger partial charge in [-0.3, -0.25) is 4.79 Å². The van der Waals surface area contributed by atoms with E-state index in [1.807, 2.05) is 63.4 Å². The minimum atomic E-state index is -0.282. The molecule has 0 aliphatic carbocycles. The molecule has 1 amide bonds. The molecule has 26 heavy (non-hydrogen) atoms. The summed E-state index contributed by atoms with van der Waals surface area (Å²) >= 11 is 1.66. The summed E-state index contributed by atoms with van der Waals surface area (Å²) in [4.78, 5) is 13.3. The molecular formula is C20H28N2O3S. The Bertz CT molecular complexity index is 708. The Labute approximate surface area is 159 Å². The van der Waals surface area contributed by atoms with Crippen molar-refractivity contribution in [1.82, 2.24) is 10.6 Å². The van der Waals surface area contributed by atoms with E-state index in [-0.39, 0.29) is 17.5 Å². The molecule has 0 fully saturated rings. The van der Waals surface area contributed by atoms with Crippen LogP contribution in [0, 0.1) is 0 Å². The Morgan fingerprint density at radius 1 is 1.23 bits per heavy atom. The summed E-state index contributed by atoms with van der Waals surface area (Å²) in [5.41, 5.74) is 0.790. The Morgan fingerprint density at radius 3 is 2.62 bits per heavy atom. The first-order valence-electron chi connectivity index (χ1n) is 8.66. The van der Waals surface area contributed by atoms with Gasteiger partial charge in [0.1, 0.15) is 6.61 Å². The largest absolute Gasteiger partial charge is 0.493 e. The highest BCUT2D eigenvalue weighted by molar-refractivity contribution is 7.09. The predicted octanol–water partition coefficient (Wildman–Crippen LogP) is 3.73. The van der Waals surface area contributed by atoms with Gasteiger partial charge in [0.25, 0.3) is 0 Å². The number of rotatable bonds is 8. The van der Waals surface area contributed by atoms with Gasteiger partial charge < -0.3 is 20.1 Å². The first-order chi connectivity index (χ1) is 12.3. The maximum Gasteiger partial charge on any atom is 0.237 e. The molecule has 2 aromatic rings. The van der Waals surface area contributed by atoms with Crippen LogP contribution in [0.15, 0.2) is 35.7 Å². The molecule has 1 unspecified atom stereocenters. The summed E-state index contributed by atoms with van der Waals surface area (Å²) < 4.78 is 11.3. The number of amides is 1. The highest BCUT2D eigenvalue weighted by atomic mass is 32.1. The van der Waals surface area contributed by atoms with E-state index in [1.165, 1.54) is 0 Å². The standard InChI is InChI=1S/C20H28N2O3S/c1-14(19(23)22-20(2,3)4)21-12-15-8-9-17(18(11-15)24-5)25-13-16-7-6-10-26-16/h6-11,14,21H,12-13H2,1-5H3,(H,22,23). The number of methoxy groups -OCH3 is 1.